The van der Waals surface area contributed by atoms with Gasteiger partial charge in [-0.25, -0.2) is 15.2 Å². The number of amides is 1. The van der Waals surface area contributed by atoms with Crippen LogP contribution in [0.5, 0.6) is 0 Å². The topological polar surface area (TPSA) is 72.9 Å². The SMILES string of the molecule is NNC(=O)c1cccc(Cn2ccc3cc(F)ccc32)n1. The van der Waals surface area contributed by atoms with Gasteiger partial charge in [-0.2, -0.15) is 0 Å². The lowest BCUT2D eigenvalue weighted by atomic mass is 10.2. The van der Waals surface area contributed by atoms with E-state index in [9.17, 15) is 9.18 Å². The number of fused-ring (bicyclic) bond motifs is 1. The third-order valence-electron chi connectivity index (χ3n) is 3.24. The van der Waals surface area contributed by atoms with E-state index >= 15 is 0 Å². The molecule has 3 N–H and O–H groups in total. The van der Waals surface area contributed by atoms with Gasteiger partial charge in [0.1, 0.15) is 11.5 Å². The number of rotatable bonds is 3. The van der Waals surface area contributed by atoms with Crippen molar-refractivity contribution >= 4 is 16.8 Å². The van der Waals surface area contributed by atoms with Crippen molar-refractivity contribution in [2.24, 2.45) is 5.84 Å². The number of carbonyl (C=O) groups is 1. The van der Waals surface area contributed by atoms with E-state index in [0.717, 1.165) is 16.6 Å². The normalized spacial score (nSPS) is 10.8. The van der Waals surface area contributed by atoms with Gasteiger partial charge in [-0.1, -0.05) is 6.07 Å². The van der Waals surface area contributed by atoms with Crippen molar-refractivity contribution in [1.82, 2.24) is 15.0 Å². The number of nitrogens with two attached hydrogens (primary N) is 1. The summed E-state index contributed by atoms with van der Waals surface area (Å²) in [5.74, 6) is 4.40. The Hall–Kier alpha value is -2.73. The van der Waals surface area contributed by atoms with E-state index in [1.165, 1.54) is 12.1 Å². The highest BCUT2D eigenvalue weighted by Crippen LogP contribution is 2.18. The van der Waals surface area contributed by atoms with E-state index in [1.807, 2.05) is 22.9 Å². The van der Waals surface area contributed by atoms with Gasteiger partial charge >= 0.3 is 0 Å². The highest BCUT2D eigenvalue weighted by atomic mass is 19.1. The Morgan fingerprint density at radius 2 is 2.14 bits per heavy atom. The Morgan fingerprint density at radius 3 is 2.95 bits per heavy atom. The van der Waals surface area contributed by atoms with E-state index in [1.54, 1.807) is 18.2 Å². The highest BCUT2D eigenvalue weighted by Gasteiger charge is 2.08. The molecule has 1 amide bonds. The van der Waals surface area contributed by atoms with Gasteiger partial charge in [0.2, 0.25) is 0 Å². The Balaban J connectivity index is 1.93. The fraction of sp³-hybridized carbons (Fsp3) is 0.0667. The number of hydrogen-bond donors (Lipinski definition) is 2. The second kappa shape index (κ2) is 5.34. The molecule has 0 saturated carbocycles. The van der Waals surface area contributed by atoms with Crippen LogP contribution in [0.1, 0.15) is 16.2 Å². The largest absolute Gasteiger partial charge is 0.341 e. The van der Waals surface area contributed by atoms with Crippen LogP contribution >= 0.6 is 0 Å². The summed E-state index contributed by atoms with van der Waals surface area (Å²) in [5.41, 5.74) is 3.94. The maximum absolute atomic E-state index is 13.2. The van der Waals surface area contributed by atoms with Crippen molar-refractivity contribution in [2.75, 3.05) is 0 Å². The van der Waals surface area contributed by atoms with Crippen LogP contribution in [0.15, 0.2) is 48.7 Å². The van der Waals surface area contributed by atoms with Crippen LogP contribution in [-0.4, -0.2) is 15.5 Å². The minimum Gasteiger partial charge on any atom is -0.341 e. The van der Waals surface area contributed by atoms with Gasteiger partial charge in [0.15, 0.2) is 0 Å². The van der Waals surface area contributed by atoms with Crippen molar-refractivity contribution in [3.63, 3.8) is 0 Å². The zero-order valence-corrected chi connectivity index (χ0v) is 11.1. The molecule has 2 heterocycles. The Bertz CT molecular complexity index is 812. The molecule has 0 atom stereocenters. The summed E-state index contributed by atoms with van der Waals surface area (Å²) < 4.78 is 15.1. The van der Waals surface area contributed by atoms with E-state index in [2.05, 4.69) is 10.4 Å². The number of halogens is 1. The van der Waals surface area contributed by atoms with Crippen molar-refractivity contribution in [2.45, 2.75) is 6.54 Å². The van der Waals surface area contributed by atoms with Gasteiger partial charge in [0, 0.05) is 17.1 Å². The average molecular weight is 284 g/mol. The van der Waals surface area contributed by atoms with Crippen LogP contribution < -0.4 is 11.3 Å². The van der Waals surface area contributed by atoms with Gasteiger partial charge in [-0.3, -0.25) is 10.2 Å². The fourth-order valence-corrected chi connectivity index (χ4v) is 2.25. The summed E-state index contributed by atoms with van der Waals surface area (Å²) in [5, 5.41) is 0.825. The molecule has 0 bridgehead atoms. The molecule has 0 aliphatic heterocycles. The first kappa shape index (κ1) is 13.3. The number of carbonyl (C=O) groups excluding carboxylic acids is 1. The summed E-state index contributed by atoms with van der Waals surface area (Å²) in [4.78, 5) is 15.7. The van der Waals surface area contributed by atoms with E-state index in [-0.39, 0.29) is 11.5 Å². The monoisotopic (exact) mass is 284 g/mol. The number of nitrogens with zero attached hydrogens (tertiary/aromatic N) is 2. The maximum Gasteiger partial charge on any atom is 0.283 e. The quantitative estimate of drug-likeness (QED) is 0.438. The molecule has 0 spiro atoms. The lowest BCUT2D eigenvalue weighted by molar-refractivity contribution is 0.0948. The molecular formula is C15H13FN4O. The average Bonchev–Trinajstić information content (AvgIpc) is 2.89. The number of pyridine rings is 1. The molecule has 3 rings (SSSR count). The molecule has 0 fully saturated rings. The van der Waals surface area contributed by atoms with E-state index in [4.69, 9.17) is 5.84 Å². The summed E-state index contributed by atoms with van der Waals surface area (Å²) in [6.45, 7) is 0.487. The number of benzene rings is 1. The van der Waals surface area contributed by atoms with Crippen molar-refractivity contribution in [1.29, 1.82) is 0 Å². The second-order valence-electron chi connectivity index (χ2n) is 4.63. The van der Waals surface area contributed by atoms with Crippen molar-refractivity contribution < 1.29 is 9.18 Å². The maximum atomic E-state index is 13.2. The molecule has 0 aliphatic carbocycles. The predicted octanol–water partition coefficient (Wildman–Crippen LogP) is 1.83. The van der Waals surface area contributed by atoms with E-state index < -0.39 is 5.91 Å². The number of aromatic nitrogens is 2. The number of hydrazine groups is 1. The Morgan fingerprint density at radius 1 is 1.29 bits per heavy atom. The van der Waals surface area contributed by atoms with Crippen LogP contribution in [0.4, 0.5) is 4.39 Å². The van der Waals surface area contributed by atoms with Gasteiger partial charge in [-0.15, -0.1) is 0 Å². The Labute approximate surface area is 120 Å². The van der Waals surface area contributed by atoms with Crippen molar-refractivity contribution in [3.05, 3.63) is 65.9 Å². The second-order valence-corrected chi connectivity index (χ2v) is 4.63. The molecule has 6 heteroatoms. The first-order valence-corrected chi connectivity index (χ1v) is 6.38. The van der Waals surface area contributed by atoms with Crippen molar-refractivity contribution in [3.8, 4) is 0 Å². The molecule has 21 heavy (non-hydrogen) atoms. The third-order valence-corrected chi connectivity index (χ3v) is 3.24. The standard InChI is InChI=1S/C15H13FN4O/c16-11-4-5-14-10(8-11)6-7-20(14)9-12-2-1-3-13(18-12)15(21)19-17/h1-8H,9,17H2,(H,19,21). The molecule has 0 unspecified atom stereocenters. The molecule has 0 aliphatic rings. The fourth-order valence-electron chi connectivity index (χ4n) is 2.25. The first-order chi connectivity index (χ1) is 10.2. The molecule has 106 valence electrons. The predicted molar refractivity (Wildman–Crippen MR) is 76.9 cm³/mol. The lowest BCUT2D eigenvalue weighted by Crippen LogP contribution is -2.30. The van der Waals surface area contributed by atoms with E-state index in [0.29, 0.717) is 6.54 Å². The van der Waals surface area contributed by atoms with Crippen LogP contribution in [0.3, 0.4) is 0 Å². The molecule has 2 aromatic heterocycles. The first-order valence-electron chi connectivity index (χ1n) is 6.38. The number of nitrogen functional groups attached to an aromatic ring is 1. The highest BCUT2D eigenvalue weighted by molar-refractivity contribution is 5.91. The summed E-state index contributed by atoms with van der Waals surface area (Å²) >= 11 is 0. The number of hydrogen-bond acceptors (Lipinski definition) is 3. The minimum absolute atomic E-state index is 0.262. The molecule has 3 aromatic rings. The lowest BCUT2D eigenvalue weighted by Gasteiger charge is -2.06. The zero-order valence-electron chi connectivity index (χ0n) is 11.1. The minimum atomic E-state index is -0.434. The molecular weight excluding hydrogens is 271 g/mol. The van der Waals surface area contributed by atoms with Gasteiger partial charge < -0.3 is 4.57 Å². The third kappa shape index (κ3) is 2.61. The summed E-state index contributed by atoms with van der Waals surface area (Å²) in [6, 6.07) is 11.6. The van der Waals surface area contributed by atoms with Crippen LogP contribution in [0, 0.1) is 5.82 Å². The van der Waals surface area contributed by atoms with Crippen LogP contribution in [0.25, 0.3) is 10.9 Å². The zero-order chi connectivity index (χ0) is 14.8. The van der Waals surface area contributed by atoms with Crippen LogP contribution in [0.2, 0.25) is 0 Å². The molecule has 5 nitrogen and oxygen atoms in total. The van der Waals surface area contributed by atoms with Crippen LogP contribution in [-0.2, 0) is 6.54 Å². The van der Waals surface area contributed by atoms with Gasteiger partial charge in [0.25, 0.3) is 5.91 Å². The molecule has 1 aromatic carbocycles. The number of nitrogens with one attached hydrogen (secondary N) is 1. The smallest absolute Gasteiger partial charge is 0.283 e. The Kier molecular flexibility index (Phi) is 3.37. The van der Waals surface area contributed by atoms with Gasteiger partial charge in [-0.05, 0) is 36.4 Å². The summed E-state index contributed by atoms with van der Waals surface area (Å²) in [6.07, 6.45) is 1.86. The van der Waals surface area contributed by atoms with Gasteiger partial charge in [0.05, 0.1) is 12.2 Å². The molecule has 0 radical (unpaired) electrons. The summed E-state index contributed by atoms with van der Waals surface area (Å²) in [7, 11) is 0. The molecule has 0 saturated heterocycles.